The van der Waals surface area contributed by atoms with E-state index in [1.165, 1.54) is 16.7 Å². The van der Waals surface area contributed by atoms with Gasteiger partial charge in [-0.1, -0.05) is 54.6 Å². The van der Waals surface area contributed by atoms with Gasteiger partial charge < -0.3 is 0 Å². The summed E-state index contributed by atoms with van der Waals surface area (Å²) in [7, 11) is 0. The van der Waals surface area contributed by atoms with Crippen LogP contribution in [0.4, 0.5) is 0 Å². The molecule has 0 aliphatic carbocycles. The molecule has 2 aromatic rings. The number of benzene rings is 2. The Bertz CT molecular complexity index is 441. The van der Waals surface area contributed by atoms with Gasteiger partial charge in [0.15, 0.2) is 0 Å². The molecule has 0 fully saturated rings. The SMILES string of the molecule is C=CCc1[c]ccc(-c2ccccc2)c1. The maximum atomic E-state index is 3.74. The molecule has 0 spiro atoms. The Morgan fingerprint density at radius 3 is 2.60 bits per heavy atom. The van der Waals surface area contributed by atoms with Crippen LogP contribution in [0.5, 0.6) is 0 Å². The van der Waals surface area contributed by atoms with E-state index in [-0.39, 0.29) is 0 Å². The molecule has 0 atom stereocenters. The van der Waals surface area contributed by atoms with Crippen LogP contribution in [0.3, 0.4) is 0 Å². The number of hydrogen-bond donors (Lipinski definition) is 0. The van der Waals surface area contributed by atoms with Crippen molar-refractivity contribution >= 4 is 0 Å². The van der Waals surface area contributed by atoms with Gasteiger partial charge in [-0.15, -0.1) is 6.58 Å². The van der Waals surface area contributed by atoms with Crippen molar-refractivity contribution in [3.8, 4) is 11.1 Å². The summed E-state index contributed by atoms with van der Waals surface area (Å²) in [4.78, 5) is 0. The lowest BCUT2D eigenvalue weighted by Gasteiger charge is -2.03. The summed E-state index contributed by atoms with van der Waals surface area (Å²) >= 11 is 0. The van der Waals surface area contributed by atoms with Crippen LogP contribution in [-0.4, -0.2) is 0 Å². The van der Waals surface area contributed by atoms with E-state index in [1.807, 2.05) is 18.2 Å². The summed E-state index contributed by atoms with van der Waals surface area (Å²) in [6.45, 7) is 3.74. The Kier molecular flexibility index (Phi) is 2.99. The minimum Gasteiger partial charge on any atom is -0.103 e. The third-order valence-electron chi connectivity index (χ3n) is 2.33. The van der Waals surface area contributed by atoms with Crippen molar-refractivity contribution < 1.29 is 0 Å². The second-order valence-electron chi connectivity index (χ2n) is 3.46. The highest BCUT2D eigenvalue weighted by atomic mass is 14.0. The lowest BCUT2D eigenvalue weighted by atomic mass is 10.0. The van der Waals surface area contributed by atoms with Crippen molar-refractivity contribution in [2.75, 3.05) is 0 Å². The summed E-state index contributed by atoms with van der Waals surface area (Å²) in [5, 5.41) is 0. The van der Waals surface area contributed by atoms with Crippen LogP contribution in [0.15, 0.2) is 61.2 Å². The van der Waals surface area contributed by atoms with Gasteiger partial charge in [0.25, 0.3) is 0 Å². The van der Waals surface area contributed by atoms with Gasteiger partial charge in [0.05, 0.1) is 0 Å². The molecule has 0 heterocycles. The van der Waals surface area contributed by atoms with Crippen LogP contribution in [0.25, 0.3) is 11.1 Å². The van der Waals surface area contributed by atoms with Crippen LogP contribution in [0.1, 0.15) is 5.56 Å². The van der Waals surface area contributed by atoms with E-state index in [0.717, 1.165) is 6.42 Å². The van der Waals surface area contributed by atoms with Crippen LogP contribution in [-0.2, 0) is 6.42 Å². The third kappa shape index (κ3) is 2.35. The van der Waals surface area contributed by atoms with Crippen LogP contribution >= 0.6 is 0 Å². The Hall–Kier alpha value is -1.82. The molecule has 0 saturated heterocycles. The average Bonchev–Trinajstić information content (AvgIpc) is 2.31. The minimum absolute atomic E-state index is 0.876. The van der Waals surface area contributed by atoms with Crippen molar-refractivity contribution in [2.24, 2.45) is 0 Å². The fraction of sp³-hybridized carbons (Fsp3) is 0.0667. The molecule has 0 amide bonds. The molecule has 73 valence electrons. The van der Waals surface area contributed by atoms with E-state index in [1.54, 1.807) is 0 Å². The largest absolute Gasteiger partial charge is 0.103 e. The second kappa shape index (κ2) is 4.61. The standard InChI is InChI=1S/C15H13/c1-2-7-13-8-6-11-15(12-13)14-9-4-3-5-10-14/h2-6,9-12H,1,7H2. The molecule has 0 bridgehead atoms. The summed E-state index contributed by atoms with van der Waals surface area (Å²) < 4.78 is 0. The predicted molar refractivity (Wildman–Crippen MR) is 64.6 cm³/mol. The van der Waals surface area contributed by atoms with Gasteiger partial charge in [0.2, 0.25) is 0 Å². The monoisotopic (exact) mass is 193 g/mol. The first-order chi connectivity index (χ1) is 7.40. The highest BCUT2D eigenvalue weighted by Gasteiger charge is 1.97. The zero-order valence-corrected chi connectivity index (χ0v) is 8.61. The van der Waals surface area contributed by atoms with Gasteiger partial charge in [-0.05, 0) is 29.2 Å². The van der Waals surface area contributed by atoms with E-state index in [4.69, 9.17) is 0 Å². The Balaban J connectivity index is 2.37. The zero-order valence-electron chi connectivity index (χ0n) is 8.61. The van der Waals surface area contributed by atoms with Crippen LogP contribution in [0, 0.1) is 6.07 Å². The molecule has 1 radical (unpaired) electrons. The molecule has 0 aliphatic rings. The predicted octanol–water partition coefficient (Wildman–Crippen LogP) is 3.88. The van der Waals surface area contributed by atoms with Gasteiger partial charge in [0.1, 0.15) is 0 Å². The topological polar surface area (TPSA) is 0 Å². The molecule has 2 aromatic carbocycles. The van der Waals surface area contributed by atoms with Crippen molar-refractivity contribution in [1.82, 2.24) is 0 Å². The van der Waals surface area contributed by atoms with Crippen molar-refractivity contribution in [3.63, 3.8) is 0 Å². The van der Waals surface area contributed by atoms with Crippen molar-refractivity contribution in [3.05, 3.63) is 72.8 Å². The van der Waals surface area contributed by atoms with Gasteiger partial charge in [-0.25, -0.2) is 0 Å². The first kappa shape index (κ1) is 9.72. The van der Waals surface area contributed by atoms with Crippen LogP contribution < -0.4 is 0 Å². The molecule has 0 aliphatic heterocycles. The quantitative estimate of drug-likeness (QED) is 0.649. The summed E-state index contributed by atoms with van der Waals surface area (Å²) in [6, 6.07) is 19.8. The molecule has 15 heavy (non-hydrogen) atoms. The summed E-state index contributed by atoms with van der Waals surface area (Å²) in [5.41, 5.74) is 3.68. The summed E-state index contributed by atoms with van der Waals surface area (Å²) in [6.07, 6.45) is 2.78. The molecule has 0 unspecified atom stereocenters. The number of rotatable bonds is 3. The molecular formula is C15H13. The minimum atomic E-state index is 0.876. The lowest BCUT2D eigenvalue weighted by Crippen LogP contribution is -1.83. The van der Waals surface area contributed by atoms with E-state index in [2.05, 4.69) is 49.0 Å². The normalized spacial score (nSPS) is 9.87. The van der Waals surface area contributed by atoms with Gasteiger partial charge in [0, 0.05) is 0 Å². The van der Waals surface area contributed by atoms with Gasteiger partial charge in [-0.3, -0.25) is 0 Å². The smallest absolute Gasteiger partial charge is 0.00938 e. The fourth-order valence-electron chi connectivity index (χ4n) is 1.60. The zero-order chi connectivity index (χ0) is 10.5. The fourth-order valence-corrected chi connectivity index (χ4v) is 1.60. The van der Waals surface area contributed by atoms with Crippen molar-refractivity contribution in [2.45, 2.75) is 6.42 Å². The van der Waals surface area contributed by atoms with E-state index < -0.39 is 0 Å². The molecular weight excluding hydrogens is 180 g/mol. The summed E-state index contributed by atoms with van der Waals surface area (Å²) in [5.74, 6) is 0. The highest BCUT2D eigenvalue weighted by molar-refractivity contribution is 5.63. The molecule has 2 rings (SSSR count). The Labute approximate surface area is 90.9 Å². The molecule has 0 aromatic heterocycles. The van der Waals surface area contributed by atoms with E-state index in [9.17, 15) is 0 Å². The molecule has 0 N–H and O–H groups in total. The first-order valence-electron chi connectivity index (χ1n) is 5.07. The first-order valence-corrected chi connectivity index (χ1v) is 5.07. The number of hydrogen-bond acceptors (Lipinski definition) is 0. The molecule has 0 heteroatoms. The van der Waals surface area contributed by atoms with E-state index >= 15 is 0 Å². The molecule has 0 saturated carbocycles. The maximum Gasteiger partial charge on any atom is -0.00938 e. The van der Waals surface area contributed by atoms with Gasteiger partial charge in [-0.2, -0.15) is 0 Å². The highest BCUT2D eigenvalue weighted by Crippen LogP contribution is 2.19. The average molecular weight is 193 g/mol. The molecule has 0 nitrogen and oxygen atoms in total. The van der Waals surface area contributed by atoms with Crippen molar-refractivity contribution in [1.29, 1.82) is 0 Å². The third-order valence-corrected chi connectivity index (χ3v) is 2.33. The van der Waals surface area contributed by atoms with E-state index in [0.29, 0.717) is 0 Å². The maximum absolute atomic E-state index is 3.74. The second-order valence-corrected chi connectivity index (χ2v) is 3.46. The van der Waals surface area contributed by atoms with Crippen LogP contribution in [0.2, 0.25) is 0 Å². The van der Waals surface area contributed by atoms with Gasteiger partial charge >= 0.3 is 0 Å². The lowest BCUT2D eigenvalue weighted by molar-refractivity contribution is 1.27. The number of allylic oxidation sites excluding steroid dienone is 1. The Morgan fingerprint density at radius 1 is 1.07 bits per heavy atom. The Morgan fingerprint density at radius 2 is 1.87 bits per heavy atom.